The molecule has 2 aromatic heterocycles. The highest BCUT2D eigenvalue weighted by atomic mass is 16.5. The first-order valence-corrected chi connectivity index (χ1v) is 6.98. The van der Waals surface area contributed by atoms with Gasteiger partial charge in [-0.25, -0.2) is 4.98 Å². The van der Waals surface area contributed by atoms with Crippen LogP contribution in [0.25, 0.3) is 5.65 Å². The Balaban J connectivity index is 2.01. The summed E-state index contributed by atoms with van der Waals surface area (Å²) in [7, 11) is 0. The summed E-state index contributed by atoms with van der Waals surface area (Å²) in [6, 6.07) is 3.68. The second-order valence-electron chi connectivity index (χ2n) is 5.30. The first-order valence-electron chi connectivity index (χ1n) is 6.98. The first kappa shape index (κ1) is 13.8. The third-order valence-electron chi connectivity index (χ3n) is 3.62. The Kier molecular flexibility index (Phi) is 3.47. The Morgan fingerprint density at radius 1 is 1.43 bits per heavy atom. The van der Waals surface area contributed by atoms with Gasteiger partial charge in [0.1, 0.15) is 17.4 Å². The third-order valence-corrected chi connectivity index (χ3v) is 3.62. The molecule has 0 aliphatic carbocycles. The van der Waals surface area contributed by atoms with Crippen LogP contribution in [0.15, 0.2) is 23.1 Å². The SMILES string of the molecule is Cc1ccc2nc(C)c(NC(=O)C3CCCO3)c(=O)n2c1. The first-order chi connectivity index (χ1) is 10.1. The molecule has 0 aromatic carbocycles. The highest BCUT2D eigenvalue weighted by Gasteiger charge is 2.25. The predicted molar refractivity (Wildman–Crippen MR) is 78.5 cm³/mol. The van der Waals surface area contributed by atoms with Gasteiger partial charge in [-0.15, -0.1) is 0 Å². The Hall–Kier alpha value is -2.21. The summed E-state index contributed by atoms with van der Waals surface area (Å²) in [5, 5.41) is 2.67. The number of aryl methyl sites for hydroxylation is 2. The fourth-order valence-corrected chi connectivity index (χ4v) is 2.49. The van der Waals surface area contributed by atoms with Gasteiger partial charge in [-0.1, -0.05) is 6.07 Å². The van der Waals surface area contributed by atoms with Crippen molar-refractivity contribution in [3.63, 3.8) is 0 Å². The van der Waals surface area contributed by atoms with Crippen molar-refractivity contribution in [1.29, 1.82) is 0 Å². The van der Waals surface area contributed by atoms with Crippen LogP contribution in [0.2, 0.25) is 0 Å². The normalized spacial score (nSPS) is 18.1. The quantitative estimate of drug-likeness (QED) is 0.907. The summed E-state index contributed by atoms with van der Waals surface area (Å²) in [5.74, 6) is -0.276. The van der Waals surface area contributed by atoms with Gasteiger partial charge in [0.05, 0.1) is 5.69 Å². The molecule has 0 radical (unpaired) electrons. The summed E-state index contributed by atoms with van der Waals surface area (Å²) in [4.78, 5) is 29.0. The number of anilines is 1. The molecule has 1 atom stereocenters. The number of carbonyl (C=O) groups is 1. The van der Waals surface area contributed by atoms with Crippen molar-refractivity contribution in [1.82, 2.24) is 9.38 Å². The third kappa shape index (κ3) is 2.54. The van der Waals surface area contributed by atoms with Crippen molar-refractivity contribution in [3.05, 3.63) is 39.9 Å². The van der Waals surface area contributed by atoms with Crippen molar-refractivity contribution in [2.75, 3.05) is 11.9 Å². The fourth-order valence-electron chi connectivity index (χ4n) is 2.49. The van der Waals surface area contributed by atoms with Crippen LogP contribution in [-0.2, 0) is 9.53 Å². The molecular weight excluding hydrogens is 270 g/mol. The van der Waals surface area contributed by atoms with Crippen molar-refractivity contribution < 1.29 is 9.53 Å². The van der Waals surface area contributed by atoms with Crippen LogP contribution in [0.4, 0.5) is 5.69 Å². The molecule has 6 nitrogen and oxygen atoms in total. The van der Waals surface area contributed by atoms with Gasteiger partial charge in [0.25, 0.3) is 11.5 Å². The highest BCUT2D eigenvalue weighted by molar-refractivity contribution is 5.94. The Bertz CT molecular complexity index is 761. The Morgan fingerprint density at radius 3 is 2.95 bits per heavy atom. The lowest BCUT2D eigenvalue weighted by Gasteiger charge is -2.12. The van der Waals surface area contributed by atoms with Gasteiger partial charge in [-0.2, -0.15) is 0 Å². The van der Waals surface area contributed by atoms with Gasteiger partial charge in [0, 0.05) is 12.8 Å². The minimum absolute atomic E-state index is 0.221. The summed E-state index contributed by atoms with van der Waals surface area (Å²) in [5.41, 5.74) is 1.98. The van der Waals surface area contributed by atoms with Crippen LogP contribution < -0.4 is 10.9 Å². The van der Waals surface area contributed by atoms with Crippen molar-refractivity contribution in [2.24, 2.45) is 0 Å². The van der Waals surface area contributed by atoms with Crippen LogP contribution in [0.3, 0.4) is 0 Å². The van der Waals surface area contributed by atoms with Crippen LogP contribution in [0.5, 0.6) is 0 Å². The van der Waals surface area contributed by atoms with Crippen LogP contribution in [0, 0.1) is 13.8 Å². The van der Waals surface area contributed by atoms with Crippen LogP contribution in [-0.4, -0.2) is 28.0 Å². The van der Waals surface area contributed by atoms with Crippen LogP contribution in [0.1, 0.15) is 24.1 Å². The molecule has 1 fully saturated rings. The predicted octanol–water partition coefficient (Wildman–Crippen LogP) is 1.43. The van der Waals surface area contributed by atoms with E-state index in [0.717, 1.165) is 12.0 Å². The van der Waals surface area contributed by atoms with E-state index in [1.807, 2.05) is 13.0 Å². The number of fused-ring (bicyclic) bond motifs is 1. The maximum atomic E-state index is 12.5. The topological polar surface area (TPSA) is 72.7 Å². The van der Waals surface area contributed by atoms with Crippen molar-refractivity contribution in [2.45, 2.75) is 32.8 Å². The zero-order valence-electron chi connectivity index (χ0n) is 12.0. The molecule has 110 valence electrons. The lowest BCUT2D eigenvalue weighted by molar-refractivity contribution is -0.124. The van der Waals surface area contributed by atoms with E-state index in [0.29, 0.717) is 24.4 Å². The molecule has 6 heteroatoms. The molecular formula is C15H17N3O3. The van der Waals surface area contributed by atoms with E-state index in [9.17, 15) is 9.59 Å². The van der Waals surface area contributed by atoms with E-state index >= 15 is 0 Å². The molecule has 1 aliphatic rings. The molecule has 0 bridgehead atoms. The maximum absolute atomic E-state index is 12.5. The minimum atomic E-state index is -0.470. The standard InChI is InChI=1S/C15H17N3O3/c1-9-5-6-12-16-10(2)13(15(20)18(12)8-9)17-14(19)11-4-3-7-21-11/h5-6,8,11H,3-4,7H2,1-2H3,(H,17,19). The van der Waals surface area contributed by atoms with Gasteiger partial charge in [0.2, 0.25) is 0 Å². The molecule has 2 aromatic rings. The molecule has 1 N–H and O–H groups in total. The second kappa shape index (κ2) is 5.29. The van der Waals surface area contributed by atoms with Gasteiger partial charge in [-0.05, 0) is 38.3 Å². The fraction of sp³-hybridized carbons (Fsp3) is 0.400. The summed E-state index contributed by atoms with van der Waals surface area (Å²) in [6.07, 6.45) is 2.80. The van der Waals surface area contributed by atoms with E-state index in [-0.39, 0.29) is 17.2 Å². The molecule has 1 amide bonds. The van der Waals surface area contributed by atoms with E-state index in [1.165, 1.54) is 4.40 Å². The van der Waals surface area contributed by atoms with Crippen molar-refractivity contribution >= 4 is 17.2 Å². The molecule has 0 spiro atoms. The van der Waals surface area contributed by atoms with Crippen molar-refractivity contribution in [3.8, 4) is 0 Å². The molecule has 1 saturated heterocycles. The summed E-state index contributed by atoms with van der Waals surface area (Å²) >= 11 is 0. The number of nitrogens with zero attached hydrogens (tertiary/aromatic N) is 2. The number of amides is 1. The van der Waals surface area contributed by atoms with Gasteiger partial charge in [-0.3, -0.25) is 14.0 Å². The number of ether oxygens (including phenoxy) is 1. The molecule has 21 heavy (non-hydrogen) atoms. The number of rotatable bonds is 2. The van der Waals surface area contributed by atoms with Gasteiger partial charge in [0.15, 0.2) is 0 Å². The molecule has 0 saturated carbocycles. The van der Waals surface area contributed by atoms with Gasteiger partial charge < -0.3 is 10.1 Å². The summed E-state index contributed by atoms with van der Waals surface area (Å²) in [6.45, 7) is 4.20. The van der Waals surface area contributed by atoms with Gasteiger partial charge >= 0.3 is 0 Å². The molecule has 1 unspecified atom stereocenters. The molecule has 1 aliphatic heterocycles. The maximum Gasteiger partial charge on any atom is 0.281 e. The second-order valence-corrected chi connectivity index (χ2v) is 5.30. The van der Waals surface area contributed by atoms with E-state index in [4.69, 9.17) is 4.74 Å². The Labute approximate surface area is 121 Å². The highest BCUT2D eigenvalue weighted by Crippen LogP contribution is 2.15. The molecule has 3 rings (SSSR count). The minimum Gasteiger partial charge on any atom is -0.368 e. The Morgan fingerprint density at radius 2 is 2.24 bits per heavy atom. The average Bonchev–Trinajstić information content (AvgIpc) is 2.98. The zero-order chi connectivity index (χ0) is 15.0. The molecule has 3 heterocycles. The zero-order valence-corrected chi connectivity index (χ0v) is 12.0. The summed E-state index contributed by atoms with van der Waals surface area (Å²) < 4.78 is 6.78. The number of hydrogen-bond acceptors (Lipinski definition) is 4. The monoisotopic (exact) mass is 287 g/mol. The van der Waals surface area contributed by atoms with E-state index in [2.05, 4.69) is 10.3 Å². The lowest BCUT2D eigenvalue weighted by Crippen LogP contribution is -2.31. The van der Waals surface area contributed by atoms with Crippen LogP contribution >= 0.6 is 0 Å². The number of aromatic nitrogens is 2. The van der Waals surface area contributed by atoms with E-state index in [1.54, 1.807) is 19.2 Å². The number of carbonyl (C=O) groups excluding carboxylic acids is 1. The lowest BCUT2D eigenvalue weighted by atomic mass is 10.2. The smallest absolute Gasteiger partial charge is 0.281 e. The number of nitrogens with one attached hydrogen (secondary N) is 1. The van der Waals surface area contributed by atoms with E-state index < -0.39 is 6.10 Å². The average molecular weight is 287 g/mol. The largest absolute Gasteiger partial charge is 0.368 e. The number of hydrogen-bond donors (Lipinski definition) is 1. The number of pyridine rings is 1.